The fourth-order valence-electron chi connectivity index (χ4n) is 2.52. The molecule has 0 spiro atoms. The molecule has 0 aliphatic carbocycles. The number of halogens is 1. The standard InChI is InChI=1S/C18H13ClN2O3S/c19-16-12-3-1-2-4-15(12)25-17(16)18(22)21-20-10-11-5-6-13-14(9-11)24-8-7-23-13/h1-6,9-10H,7-8H2,(H,21,22)/b20-10+. The lowest BCUT2D eigenvalue weighted by atomic mass is 10.2. The number of carbonyl (C=O) groups excluding carboxylic acids is 1. The van der Waals surface area contributed by atoms with Crippen molar-refractivity contribution >= 4 is 45.1 Å². The van der Waals surface area contributed by atoms with Crippen LogP contribution in [0, 0.1) is 0 Å². The maximum Gasteiger partial charge on any atom is 0.283 e. The first-order chi connectivity index (χ1) is 12.2. The Labute approximate surface area is 152 Å². The van der Waals surface area contributed by atoms with Gasteiger partial charge in [0.2, 0.25) is 0 Å². The van der Waals surface area contributed by atoms with Crippen LogP contribution in [0.2, 0.25) is 5.02 Å². The van der Waals surface area contributed by atoms with E-state index in [1.54, 1.807) is 6.21 Å². The number of hydrazone groups is 1. The molecular formula is C18H13ClN2O3S. The van der Waals surface area contributed by atoms with Gasteiger partial charge in [0.1, 0.15) is 18.1 Å². The van der Waals surface area contributed by atoms with Crippen molar-refractivity contribution in [3.05, 3.63) is 57.9 Å². The lowest BCUT2D eigenvalue weighted by molar-refractivity contribution is 0.0959. The zero-order valence-corrected chi connectivity index (χ0v) is 14.6. The zero-order chi connectivity index (χ0) is 17.2. The smallest absolute Gasteiger partial charge is 0.283 e. The summed E-state index contributed by atoms with van der Waals surface area (Å²) in [5.74, 6) is 1.05. The summed E-state index contributed by atoms with van der Waals surface area (Å²) in [7, 11) is 0. The van der Waals surface area contributed by atoms with Gasteiger partial charge >= 0.3 is 0 Å². The highest BCUT2D eigenvalue weighted by Gasteiger charge is 2.16. The van der Waals surface area contributed by atoms with Crippen LogP contribution >= 0.6 is 22.9 Å². The van der Waals surface area contributed by atoms with Gasteiger partial charge in [-0.15, -0.1) is 11.3 Å². The number of thiophene rings is 1. The van der Waals surface area contributed by atoms with Gasteiger partial charge in [0.05, 0.1) is 11.2 Å². The van der Waals surface area contributed by atoms with E-state index in [9.17, 15) is 4.79 Å². The zero-order valence-electron chi connectivity index (χ0n) is 13.0. The minimum Gasteiger partial charge on any atom is -0.486 e. The molecule has 3 aromatic rings. The van der Waals surface area contributed by atoms with Gasteiger partial charge in [-0.3, -0.25) is 4.79 Å². The van der Waals surface area contributed by atoms with Crippen LogP contribution in [0.1, 0.15) is 15.2 Å². The molecule has 0 saturated heterocycles. The summed E-state index contributed by atoms with van der Waals surface area (Å²) < 4.78 is 12.0. The Kier molecular flexibility index (Phi) is 4.29. The van der Waals surface area contributed by atoms with E-state index in [1.165, 1.54) is 11.3 Å². The molecule has 0 unspecified atom stereocenters. The second kappa shape index (κ2) is 6.74. The van der Waals surface area contributed by atoms with Crippen molar-refractivity contribution in [2.75, 3.05) is 13.2 Å². The third-order valence-corrected chi connectivity index (χ3v) is 5.36. The van der Waals surface area contributed by atoms with Crippen molar-refractivity contribution in [2.45, 2.75) is 0 Å². The van der Waals surface area contributed by atoms with Crippen molar-refractivity contribution < 1.29 is 14.3 Å². The first kappa shape index (κ1) is 15.9. The van der Waals surface area contributed by atoms with Crippen LogP contribution in [-0.2, 0) is 0 Å². The van der Waals surface area contributed by atoms with E-state index in [0.717, 1.165) is 15.6 Å². The molecule has 4 rings (SSSR count). The minimum absolute atomic E-state index is 0.333. The van der Waals surface area contributed by atoms with Gasteiger partial charge in [-0.2, -0.15) is 5.10 Å². The van der Waals surface area contributed by atoms with Crippen molar-refractivity contribution in [3.8, 4) is 11.5 Å². The molecule has 0 saturated carbocycles. The van der Waals surface area contributed by atoms with Crippen LogP contribution in [0.5, 0.6) is 11.5 Å². The molecule has 25 heavy (non-hydrogen) atoms. The number of hydrogen-bond donors (Lipinski definition) is 1. The van der Waals surface area contributed by atoms with E-state index in [4.69, 9.17) is 21.1 Å². The second-order valence-corrected chi connectivity index (χ2v) is 6.77. The molecule has 1 aliphatic rings. The molecule has 1 aliphatic heterocycles. The number of nitrogens with zero attached hydrogens (tertiary/aromatic N) is 1. The van der Waals surface area contributed by atoms with Gasteiger partial charge in [0.15, 0.2) is 11.5 Å². The van der Waals surface area contributed by atoms with Crippen LogP contribution in [0.15, 0.2) is 47.6 Å². The van der Waals surface area contributed by atoms with Gasteiger partial charge in [-0.25, -0.2) is 5.43 Å². The fraction of sp³-hybridized carbons (Fsp3) is 0.111. The SMILES string of the molecule is O=C(N/N=C/c1ccc2c(c1)OCCO2)c1sc2ccccc2c1Cl. The summed E-state index contributed by atoms with van der Waals surface area (Å²) in [5, 5.41) is 5.33. The lowest BCUT2D eigenvalue weighted by Crippen LogP contribution is -2.17. The summed E-state index contributed by atoms with van der Waals surface area (Å²) in [4.78, 5) is 12.8. The molecule has 0 bridgehead atoms. The minimum atomic E-state index is -0.333. The molecule has 5 nitrogen and oxygen atoms in total. The van der Waals surface area contributed by atoms with E-state index in [2.05, 4.69) is 10.5 Å². The Morgan fingerprint density at radius 2 is 1.96 bits per heavy atom. The highest BCUT2D eigenvalue weighted by molar-refractivity contribution is 7.21. The lowest BCUT2D eigenvalue weighted by Gasteiger charge is -2.18. The van der Waals surface area contributed by atoms with E-state index in [1.807, 2.05) is 42.5 Å². The molecule has 0 radical (unpaired) electrons. The summed E-state index contributed by atoms with van der Waals surface area (Å²) in [6.45, 7) is 1.07. The molecule has 1 aromatic heterocycles. The number of ether oxygens (including phenoxy) is 2. The van der Waals surface area contributed by atoms with E-state index in [0.29, 0.717) is 34.6 Å². The third-order valence-electron chi connectivity index (χ3n) is 3.69. The highest BCUT2D eigenvalue weighted by Crippen LogP contribution is 2.35. The van der Waals surface area contributed by atoms with Gasteiger partial charge in [0.25, 0.3) is 5.91 Å². The number of nitrogens with one attached hydrogen (secondary N) is 1. The van der Waals surface area contributed by atoms with Crippen LogP contribution in [0.25, 0.3) is 10.1 Å². The van der Waals surface area contributed by atoms with Crippen LogP contribution in [0.3, 0.4) is 0 Å². The van der Waals surface area contributed by atoms with Gasteiger partial charge < -0.3 is 9.47 Å². The number of hydrogen-bond acceptors (Lipinski definition) is 5. The predicted molar refractivity (Wildman–Crippen MR) is 99.3 cm³/mol. The normalized spacial score (nSPS) is 13.3. The van der Waals surface area contributed by atoms with Crippen molar-refractivity contribution in [1.29, 1.82) is 0 Å². The molecule has 126 valence electrons. The molecule has 1 amide bonds. The molecule has 0 atom stereocenters. The monoisotopic (exact) mass is 372 g/mol. The first-order valence-electron chi connectivity index (χ1n) is 7.62. The van der Waals surface area contributed by atoms with Gasteiger partial charge in [-0.05, 0) is 29.8 Å². The Hall–Kier alpha value is -2.57. The summed E-state index contributed by atoms with van der Waals surface area (Å²) in [6, 6.07) is 13.1. The molecule has 2 aromatic carbocycles. The van der Waals surface area contributed by atoms with Gasteiger partial charge in [-0.1, -0.05) is 29.8 Å². The third kappa shape index (κ3) is 3.18. The summed E-state index contributed by atoms with van der Waals surface area (Å²) >= 11 is 7.64. The Bertz CT molecular complexity index is 984. The number of benzene rings is 2. The average Bonchev–Trinajstić information content (AvgIpc) is 2.99. The van der Waals surface area contributed by atoms with Gasteiger partial charge in [0, 0.05) is 10.1 Å². The molecule has 1 N–H and O–H groups in total. The van der Waals surface area contributed by atoms with Crippen LogP contribution < -0.4 is 14.9 Å². The Balaban J connectivity index is 1.49. The highest BCUT2D eigenvalue weighted by atomic mass is 35.5. The van der Waals surface area contributed by atoms with Crippen molar-refractivity contribution in [2.24, 2.45) is 5.10 Å². The Morgan fingerprint density at radius 3 is 2.80 bits per heavy atom. The number of fused-ring (bicyclic) bond motifs is 2. The second-order valence-electron chi connectivity index (χ2n) is 5.34. The number of carbonyl (C=O) groups is 1. The van der Waals surface area contributed by atoms with E-state index < -0.39 is 0 Å². The maximum atomic E-state index is 12.3. The van der Waals surface area contributed by atoms with E-state index >= 15 is 0 Å². The van der Waals surface area contributed by atoms with Crippen LogP contribution in [-0.4, -0.2) is 25.3 Å². The predicted octanol–water partition coefficient (Wildman–Crippen LogP) is 4.09. The summed E-state index contributed by atoms with van der Waals surface area (Å²) in [6.07, 6.45) is 1.55. The fourth-order valence-corrected chi connectivity index (χ4v) is 3.92. The Morgan fingerprint density at radius 1 is 1.16 bits per heavy atom. The molecular weight excluding hydrogens is 360 g/mol. The van der Waals surface area contributed by atoms with Crippen molar-refractivity contribution in [3.63, 3.8) is 0 Å². The quantitative estimate of drug-likeness (QED) is 0.556. The first-order valence-corrected chi connectivity index (χ1v) is 8.82. The molecule has 0 fully saturated rings. The summed E-state index contributed by atoms with van der Waals surface area (Å²) in [5.41, 5.74) is 3.31. The van der Waals surface area contributed by atoms with Crippen molar-refractivity contribution in [1.82, 2.24) is 5.43 Å². The van der Waals surface area contributed by atoms with E-state index in [-0.39, 0.29) is 5.91 Å². The average molecular weight is 373 g/mol. The maximum absolute atomic E-state index is 12.3. The number of rotatable bonds is 3. The molecule has 2 heterocycles. The topological polar surface area (TPSA) is 59.9 Å². The molecule has 7 heteroatoms. The van der Waals surface area contributed by atoms with Crippen LogP contribution in [0.4, 0.5) is 0 Å². The number of amides is 1. The largest absolute Gasteiger partial charge is 0.486 e.